The second kappa shape index (κ2) is 5.97. The molecule has 0 aromatic carbocycles. The Bertz CT molecular complexity index is 323. The Kier molecular flexibility index (Phi) is 4.90. The van der Waals surface area contributed by atoms with Gasteiger partial charge in [0, 0.05) is 24.3 Å². The van der Waals surface area contributed by atoms with Gasteiger partial charge in [-0.3, -0.25) is 9.88 Å². The van der Waals surface area contributed by atoms with Crippen molar-refractivity contribution >= 4 is 0 Å². The number of rotatable bonds is 5. The van der Waals surface area contributed by atoms with Crippen LogP contribution in [0.5, 0.6) is 0 Å². The van der Waals surface area contributed by atoms with E-state index in [9.17, 15) is 0 Å². The van der Waals surface area contributed by atoms with Crippen molar-refractivity contribution in [3.8, 4) is 0 Å². The molecule has 0 bridgehead atoms. The molecule has 0 aliphatic heterocycles. The Hall–Kier alpha value is -0.930. The van der Waals surface area contributed by atoms with Crippen molar-refractivity contribution in [3.05, 3.63) is 29.6 Å². The zero-order valence-corrected chi connectivity index (χ0v) is 10.8. The summed E-state index contributed by atoms with van der Waals surface area (Å²) in [5, 5.41) is 0. The molecule has 1 aromatic rings. The number of nitrogens with two attached hydrogens (primary N) is 1. The van der Waals surface area contributed by atoms with Crippen molar-refractivity contribution < 1.29 is 0 Å². The summed E-state index contributed by atoms with van der Waals surface area (Å²) >= 11 is 0. The van der Waals surface area contributed by atoms with E-state index in [1.807, 2.05) is 13.0 Å². The molecule has 2 atom stereocenters. The van der Waals surface area contributed by atoms with Crippen LogP contribution in [0.25, 0.3) is 0 Å². The average molecular weight is 221 g/mol. The first kappa shape index (κ1) is 13.1. The summed E-state index contributed by atoms with van der Waals surface area (Å²) in [4.78, 5) is 6.87. The smallest absolute Gasteiger partial charge is 0.0547 e. The summed E-state index contributed by atoms with van der Waals surface area (Å²) in [6, 6.07) is 6.72. The Morgan fingerprint density at radius 3 is 2.56 bits per heavy atom. The first-order valence-corrected chi connectivity index (χ1v) is 5.96. The molecule has 2 unspecified atom stereocenters. The van der Waals surface area contributed by atoms with E-state index >= 15 is 0 Å². The summed E-state index contributed by atoms with van der Waals surface area (Å²) in [6.45, 7) is 10.3. The van der Waals surface area contributed by atoms with Crippen molar-refractivity contribution in [2.24, 2.45) is 5.73 Å². The van der Waals surface area contributed by atoms with Crippen LogP contribution in [0.15, 0.2) is 18.2 Å². The molecule has 16 heavy (non-hydrogen) atoms. The highest BCUT2D eigenvalue weighted by Crippen LogP contribution is 2.08. The Labute approximate surface area is 98.7 Å². The third-order valence-corrected chi connectivity index (χ3v) is 3.05. The molecule has 1 heterocycles. The Morgan fingerprint density at radius 2 is 2.06 bits per heavy atom. The first-order chi connectivity index (χ1) is 7.54. The topological polar surface area (TPSA) is 42.2 Å². The van der Waals surface area contributed by atoms with Crippen molar-refractivity contribution in [3.63, 3.8) is 0 Å². The maximum atomic E-state index is 5.93. The van der Waals surface area contributed by atoms with Crippen LogP contribution in [-0.4, -0.2) is 28.5 Å². The Morgan fingerprint density at radius 1 is 1.38 bits per heavy atom. The van der Waals surface area contributed by atoms with E-state index in [1.165, 1.54) is 0 Å². The zero-order valence-electron chi connectivity index (χ0n) is 10.8. The van der Waals surface area contributed by atoms with Crippen molar-refractivity contribution in [1.29, 1.82) is 0 Å². The minimum absolute atomic E-state index is 0.185. The second-order valence-electron chi connectivity index (χ2n) is 4.43. The van der Waals surface area contributed by atoms with E-state index in [-0.39, 0.29) is 6.04 Å². The average Bonchev–Trinajstić information content (AvgIpc) is 2.25. The fourth-order valence-corrected chi connectivity index (χ4v) is 1.77. The molecule has 3 nitrogen and oxygen atoms in total. The highest BCUT2D eigenvalue weighted by molar-refractivity contribution is 5.09. The van der Waals surface area contributed by atoms with Gasteiger partial charge in [0.1, 0.15) is 0 Å². The van der Waals surface area contributed by atoms with Crippen LogP contribution in [0.1, 0.15) is 32.2 Å². The molecule has 1 aromatic heterocycles. The van der Waals surface area contributed by atoms with E-state index in [1.54, 1.807) is 0 Å². The van der Waals surface area contributed by atoms with Crippen LogP contribution in [0.4, 0.5) is 0 Å². The van der Waals surface area contributed by atoms with Gasteiger partial charge in [0.15, 0.2) is 0 Å². The molecule has 0 aliphatic carbocycles. The first-order valence-electron chi connectivity index (χ1n) is 5.96. The highest BCUT2D eigenvalue weighted by atomic mass is 15.2. The van der Waals surface area contributed by atoms with Gasteiger partial charge in [-0.25, -0.2) is 0 Å². The van der Waals surface area contributed by atoms with Crippen LogP contribution >= 0.6 is 0 Å². The summed E-state index contributed by atoms with van der Waals surface area (Å²) in [7, 11) is 0. The third kappa shape index (κ3) is 3.58. The second-order valence-corrected chi connectivity index (χ2v) is 4.43. The molecule has 3 heteroatoms. The van der Waals surface area contributed by atoms with Crippen molar-refractivity contribution in [1.82, 2.24) is 9.88 Å². The van der Waals surface area contributed by atoms with Gasteiger partial charge in [-0.1, -0.05) is 13.0 Å². The molecule has 2 N–H and O–H groups in total. The molecule has 90 valence electrons. The van der Waals surface area contributed by atoms with Gasteiger partial charge in [-0.05, 0) is 39.4 Å². The fraction of sp³-hybridized carbons (Fsp3) is 0.615. The van der Waals surface area contributed by atoms with Gasteiger partial charge >= 0.3 is 0 Å². The minimum atomic E-state index is 0.185. The maximum absolute atomic E-state index is 5.93. The lowest BCUT2D eigenvalue weighted by Crippen LogP contribution is -2.43. The van der Waals surface area contributed by atoms with Crippen LogP contribution in [0, 0.1) is 6.92 Å². The summed E-state index contributed by atoms with van der Waals surface area (Å²) in [6.07, 6.45) is 0. The van der Waals surface area contributed by atoms with E-state index in [0.29, 0.717) is 6.04 Å². The molecule has 0 amide bonds. The largest absolute Gasteiger partial charge is 0.327 e. The number of likely N-dealkylation sites (N-methyl/N-ethyl adjacent to an activating group) is 1. The van der Waals surface area contributed by atoms with Crippen LogP contribution in [-0.2, 0) is 6.54 Å². The number of nitrogens with zero attached hydrogens (tertiary/aromatic N) is 2. The predicted molar refractivity (Wildman–Crippen MR) is 68.2 cm³/mol. The van der Waals surface area contributed by atoms with E-state index < -0.39 is 0 Å². The fourth-order valence-electron chi connectivity index (χ4n) is 1.77. The molecule has 0 fully saturated rings. The van der Waals surface area contributed by atoms with Gasteiger partial charge in [0.05, 0.1) is 5.69 Å². The van der Waals surface area contributed by atoms with Crippen molar-refractivity contribution in [2.75, 3.05) is 6.54 Å². The lowest BCUT2D eigenvalue weighted by atomic mass is 10.1. The normalized spacial score (nSPS) is 15.1. The summed E-state index contributed by atoms with van der Waals surface area (Å²) in [5.41, 5.74) is 8.12. The van der Waals surface area contributed by atoms with E-state index in [4.69, 9.17) is 5.73 Å². The molecule has 0 saturated heterocycles. The number of aromatic nitrogens is 1. The highest BCUT2D eigenvalue weighted by Gasteiger charge is 2.16. The number of pyridine rings is 1. The molecule has 0 radical (unpaired) electrons. The number of hydrogen-bond donors (Lipinski definition) is 1. The molecule has 0 spiro atoms. The summed E-state index contributed by atoms with van der Waals surface area (Å²) in [5.74, 6) is 0. The zero-order chi connectivity index (χ0) is 12.1. The lowest BCUT2D eigenvalue weighted by molar-refractivity contribution is 0.188. The quantitative estimate of drug-likeness (QED) is 0.826. The van der Waals surface area contributed by atoms with E-state index in [2.05, 4.69) is 42.8 Å². The molecule has 0 aliphatic rings. The van der Waals surface area contributed by atoms with Gasteiger partial charge in [-0.2, -0.15) is 0 Å². The number of aryl methyl sites for hydroxylation is 1. The van der Waals surface area contributed by atoms with Gasteiger partial charge in [-0.15, -0.1) is 0 Å². The van der Waals surface area contributed by atoms with E-state index in [0.717, 1.165) is 24.5 Å². The SMILES string of the molecule is CCN(Cc1cccc(C)n1)C(C)C(C)N. The predicted octanol–water partition coefficient (Wildman–Crippen LogP) is 1.95. The standard InChI is InChI=1S/C13H23N3/c1-5-16(12(4)11(3)14)9-13-8-6-7-10(2)15-13/h6-8,11-12H,5,9,14H2,1-4H3. The monoisotopic (exact) mass is 221 g/mol. The van der Waals surface area contributed by atoms with Crippen LogP contribution in [0.2, 0.25) is 0 Å². The lowest BCUT2D eigenvalue weighted by Gasteiger charge is -2.30. The molecule has 1 rings (SSSR count). The summed E-state index contributed by atoms with van der Waals surface area (Å²) < 4.78 is 0. The van der Waals surface area contributed by atoms with Gasteiger partial charge in [0.2, 0.25) is 0 Å². The van der Waals surface area contributed by atoms with Crippen LogP contribution in [0.3, 0.4) is 0 Å². The van der Waals surface area contributed by atoms with Gasteiger partial charge in [0.25, 0.3) is 0 Å². The van der Waals surface area contributed by atoms with Crippen LogP contribution < -0.4 is 5.73 Å². The molecule has 0 saturated carbocycles. The number of hydrogen-bond acceptors (Lipinski definition) is 3. The minimum Gasteiger partial charge on any atom is -0.327 e. The maximum Gasteiger partial charge on any atom is 0.0547 e. The van der Waals surface area contributed by atoms with Crippen molar-refractivity contribution in [2.45, 2.75) is 46.3 Å². The molecular formula is C13H23N3. The third-order valence-electron chi connectivity index (χ3n) is 3.05. The molecular weight excluding hydrogens is 198 g/mol. The Balaban J connectivity index is 2.70. The van der Waals surface area contributed by atoms with Gasteiger partial charge < -0.3 is 5.73 Å².